The molecule has 10 heteroatoms. The molecule has 1 heterocycles. The van der Waals surface area contributed by atoms with Crippen molar-refractivity contribution >= 4 is 26.8 Å². The Morgan fingerprint density at radius 1 is 1.14 bits per heavy atom. The second-order valence-corrected chi connectivity index (χ2v) is 13.3. The van der Waals surface area contributed by atoms with Crippen LogP contribution in [0.5, 0.6) is 0 Å². The summed E-state index contributed by atoms with van der Waals surface area (Å²) in [6.07, 6.45) is 7.45. The topological polar surface area (TPSA) is 119 Å². The molecule has 0 bridgehead atoms. The molecule has 4 aliphatic rings. The highest BCUT2D eigenvalue weighted by molar-refractivity contribution is 7.89. The van der Waals surface area contributed by atoms with E-state index in [-0.39, 0.29) is 22.1 Å². The lowest BCUT2D eigenvalue weighted by molar-refractivity contribution is -0.120. The first-order valence-corrected chi connectivity index (χ1v) is 14.2. The average Bonchev–Trinajstić information content (AvgIpc) is 3.72. The van der Waals surface area contributed by atoms with Crippen molar-refractivity contribution in [2.45, 2.75) is 82.2 Å². The van der Waals surface area contributed by atoms with Crippen molar-refractivity contribution in [3.63, 3.8) is 0 Å². The summed E-state index contributed by atoms with van der Waals surface area (Å²) in [7, 11) is -3.84. The van der Waals surface area contributed by atoms with Gasteiger partial charge in [0.05, 0.1) is 21.2 Å². The van der Waals surface area contributed by atoms with E-state index in [1.807, 2.05) is 6.92 Å². The van der Waals surface area contributed by atoms with Crippen molar-refractivity contribution in [1.29, 1.82) is 0 Å². The molecule has 9 nitrogen and oxygen atoms in total. The van der Waals surface area contributed by atoms with Crippen molar-refractivity contribution in [3.8, 4) is 0 Å². The number of carbonyl (C=O) groups excluding carboxylic acids is 1. The van der Waals surface area contributed by atoms with E-state index in [1.165, 1.54) is 18.6 Å². The summed E-state index contributed by atoms with van der Waals surface area (Å²) >= 11 is 0. The Morgan fingerprint density at radius 2 is 1.83 bits per heavy atom. The van der Waals surface area contributed by atoms with E-state index >= 15 is 0 Å². The van der Waals surface area contributed by atoms with Crippen LogP contribution in [0.25, 0.3) is 10.9 Å². The third-order valence-corrected chi connectivity index (χ3v) is 10.5. The predicted molar refractivity (Wildman–Crippen MR) is 131 cm³/mol. The number of nitrogens with zero attached hydrogens (tertiary/aromatic N) is 2. The molecule has 1 amide bonds. The number of hydrogen-bond acceptors (Lipinski definition) is 5. The van der Waals surface area contributed by atoms with Crippen LogP contribution in [-0.2, 0) is 21.4 Å². The van der Waals surface area contributed by atoms with Crippen LogP contribution in [0.2, 0.25) is 0 Å². The molecule has 6 rings (SSSR count). The SMILES string of the molecule is CC1CCCCC1Cn1c(=O)n(NC(=O)C23CC2C3)c(=O)c2cc(S(=O)(=O)NC3(C)CC3)ccc21. The lowest BCUT2D eigenvalue weighted by atomic mass is 9.80. The Kier molecular flexibility index (Phi) is 4.94. The van der Waals surface area contributed by atoms with Gasteiger partial charge in [0, 0.05) is 12.1 Å². The zero-order valence-electron chi connectivity index (χ0n) is 20.2. The molecule has 1 aromatic carbocycles. The molecular weight excluding hydrogens is 468 g/mol. The fourth-order valence-corrected chi connectivity index (χ4v) is 7.14. The first-order chi connectivity index (χ1) is 16.5. The normalized spacial score (nSPS) is 30.5. The van der Waals surface area contributed by atoms with Gasteiger partial charge in [0.1, 0.15) is 0 Å². The fraction of sp³-hybridized carbons (Fsp3) is 0.640. The van der Waals surface area contributed by atoms with Crippen LogP contribution in [0.1, 0.15) is 65.2 Å². The third kappa shape index (κ3) is 3.85. The van der Waals surface area contributed by atoms with Gasteiger partial charge in [-0.25, -0.2) is 17.9 Å². The number of amides is 1. The van der Waals surface area contributed by atoms with Gasteiger partial charge >= 0.3 is 5.69 Å². The van der Waals surface area contributed by atoms with Crippen molar-refractivity contribution in [1.82, 2.24) is 14.0 Å². The summed E-state index contributed by atoms with van der Waals surface area (Å²) in [6.45, 7) is 4.45. The van der Waals surface area contributed by atoms with Gasteiger partial charge in [-0.15, -0.1) is 0 Å². The van der Waals surface area contributed by atoms with Gasteiger partial charge in [-0.2, -0.15) is 4.68 Å². The smallest absolute Gasteiger partial charge is 0.291 e. The molecule has 2 atom stereocenters. The van der Waals surface area contributed by atoms with E-state index in [0.29, 0.717) is 23.9 Å². The van der Waals surface area contributed by atoms with Gasteiger partial charge in [-0.3, -0.25) is 19.6 Å². The Bertz CT molecular complexity index is 1460. The number of carbonyl (C=O) groups is 1. The number of rotatable bonds is 7. The molecule has 0 aliphatic heterocycles. The van der Waals surface area contributed by atoms with Gasteiger partial charge in [-0.05, 0) is 75.0 Å². The fourth-order valence-electron chi connectivity index (χ4n) is 5.65. The Balaban J connectivity index is 1.46. The zero-order chi connectivity index (χ0) is 24.8. The summed E-state index contributed by atoms with van der Waals surface area (Å²) in [4.78, 5) is 39.8. The minimum atomic E-state index is -3.84. The maximum absolute atomic E-state index is 13.5. The number of aromatic nitrogens is 2. The van der Waals surface area contributed by atoms with Crippen LogP contribution in [0.4, 0.5) is 0 Å². The number of sulfonamides is 1. The van der Waals surface area contributed by atoms with Crippen LogP contribution >= 0.6 is 0 Å². The molecule has 2 N–H and O–H groups in total. The number of nitrogens with one attached hydrogen (secondary N) is 2. The standard InChI is InChI=1S/C25H32N4O5S/c1-15-5-3-4-6-16(15)14-28-20-8-7-18(35(33,34)27-24(2)9-10-24)11-19(20)21(30)29(23(28)32)26-22(31)25-12-17(25)13-25/h7-8,11,15-17,27H,3-6,9-10,12-14H2,1-2H3,(H,26,31). The van der Waals surface area contributed by atoms with Crippen LogP contribution in [0.3, 0.4) is 0 Å². The van der Waals surface area contributed by atoms with Gasteiger partial charge in [-0.1, -0.05) is 26.2 Å². The first kappa shape index (κ1) is 23.0. The molecule has 0 saturated heterocycles. The van der Waals surface area contributed by atoms with Crippen LogP contribution in [-0.4, -0.2) is 29.1 Å². The summed E-state index contributed by atoms with van der Waals surface area (Å²) in [5.74, 6) is 0.753. The molecule has 188 valence electrons. The van der Waals surface area contributed by atoms with Gasteiger partial charge in [0.2, 0.25) is 15.9 Å². The van der Waals surface area contributed by atoms with Crippen molar-refractivity contribution in [2.75, 3.05) is 5.43 Å². The molecule has 0 spiro atoms. The molecule has 4 fully saturated rings. The Morgan fingerprint density at radius 3 is 2.46 bits per heavy atom. The minimum absolute atomic E-state index is 0.0209. The van der Waals surface area contributed by atoms with Gasteiger partial charge in [0.15, 0.2) is 0 Å². The number of fused-ring (bicyclic) bond motifs is 2. The van der Waals surface area contributed by atoms with Crippen molar-refractivity contribution in [3.05, 3.63) is 39.0 Å². The highest BCUT2D eigenvalue weighted by Crippen LogP contribution is 2.75. The maximum Gasteiger partial charge on any atom is 0.350 e. The van der Waals surface area contributed by atoms with E-state index in [2.05, 4.69) is 17.1 Å². The minimum Gasteiger partial charge on any atom is -0.291 e. The molecule has 4 aliphatic carbocycles. The quantitative estimate of drug-likeness (QED) is 0.605. The second kappa shape index (κ2) is 7.52. The average molecular weight is 501 g/mol. The summed E-state index contributed by atoms with van der Waals surface area (Å²) < 4.78 is 31.1. The van der Waals surface area contributed by atoms with Crippen molar-refractivity contribution in [2.24, 2.45) is 23.2 Å². The lowest BCUT2D eigenvalue weighted by Gasteiger charge is -2.29. The Hall–Kier alpha value is -2.46. The molecule has 1 aromatic heterocycles. The van der Waals surface area contributed by atoms with Gasteiger partial charge < -0.3 is 0 Å². The largest absolute Gasteiger partial charge is 0.350 e. The maximum atomic E-state index is 13.5. The lowest BCUT2D eigenvalue weighted by Crippen LogP contribution is -2.48. The molecule has 0 radical (unpaired) electrons. The summed E-state index contributed by atoms with van der Waals surface area (Å²) in [5, 5.41) is 0.109. The van der Waals surface area contributed by atoms with Crippen LogP contribution < -0.4 is 21.4 Å². The van der Waals surface area contributed by atoms with Crippen LogP contribution in [0, 0.1) is 23.2 Å². The Labute approximate surface area is 203 Å². The van der Waals surface area contributed by atoms with E-state index in [0.717, 1.165) is 49.6 Å². The predicted octanol–water partition coefficient (Wildman–Crippen LogP) is 2.30. The molecule has 2 aromatic rings. The van der Waals surface area contributed by atoms with E-state index in [9.17, 15) is 22.8 Å². The monoisotopic (exact) mass is 500 g/mol. The summed E-state index contributed by atoms with van der Waals surface area (Å²) in [6, 6.07) is 4.35. The third-order valence-electron chi connectivity index (χ3n) is 8.86. The first-order valence-electron chi connectivity index (χ1n) is 12.7. The summed E-state index contributed by atoms with van der Waals surface area (Å²) in [5.41, 5.74) is 0.819. The zero-order valence-corrected chi connectivity index (χ0v) is 21.0. The second-order valence-electron chi connectivity index (χ2n) is 11.6. The number of hydrogen-bond donors (Lipinski definition) is 2. The van der Waals surface area contributed by atoms with Gasteiger partial charge in [0.25, 0.3) is 5.56 Å². The van der Waals surface area contributed by atoms with Crippen LogP contribution in [0.15, 0.2) is 32.7 Å². The number of benzene rings is 1. The van der Waals surface area contributed by atoms with E-state index < -0.39 is 32.2 Å². The molecule has 2 unspecified atom stereocenters. The highest BCUT2D eigenvalue weighted by Gasteiger charge is 2.74. The highest BCUT2D eigenvalue weighted by atomic mass is 32.2. The van der Waals surface area contributed by atoms with E-state index in [4.69, 9.17) is 0 Å². The molecule has 35 heavy (non-hydrogen) atoms. The molecule has 4 saturated carbocycles. The molecular formula is C25H32N4O5S. The van der Waals surface area contributed by atoms with E-state index in [1.54, 1.807) is 10.6 Å². The van der Waals surface area contributed by atoms with Crippen molar-refractivity contribution < 1.29 is 13.2 Å².